The molecule has 0 spiro atoms. The van der Waals surface area contributed by atoms with Gasteiger partial charge in [-0.2, -0.15) is 0 Å². The minimum absolute atomic E-state index is 0.111. The van der Waals surface area contributed by atoms with Crippen LogP contribution in [-0.4, -0.2) is 5.97 Å². The van der Waals surface area contributed by atoms with Crippen LogP contribution in [0.3, 0.4) is 0 Å². The van der Waals surface area contributed by atoms with Gasteiger partial charge in [0.1, 0.15) is 6.61 Å². The minimum Gasteiger partial charge on any atom is -0.459 e. The summed E-state index contributed by atoms with van der Waals surface area (Å²) in [5, 5.41) is 0. The molecular weight excluding hydrogens is 316 g/mol. The number of thiophene rings is 1. The molecule has 1 aliphatic rings. The molecule has 1 aliphatic carbocycles. The molecule has 0 radical (unpaired) electrons. The Morgan fingerprint density at radius 3 is 2.54 bits per heavy atom. The smallest absolute Gasteiger partial charge is 0.314 e. The van der Waals surface area contributed by atoms with Crippen LogP contribution in [0.4, 0.5) is 0 Å². The molecule has 1 unspecified atom stereocenters. The third-order valence-corrected chi connectivity index (χ3v) is 5.97. The van der Waals surface area contributed by atoms with Crippen LogP contribution in [0.25, 0.3) is 0 Å². The lowest BCUT2D eigenvalue weighted by molar-refractivity contribution is -0.147. The van der Waals surface area contributed by atoms with E-state index in [-0.39, 0.29) is 17.8 Å². The van der Waals surface area contributed by atoms with Crippen molar-refractivity contribution in [3.8, 4) is 0 Å². The van der Waals surface area contributed by atoms with E-state index < -0.39 is 0 Å². The molecule has 0 N–H and O–H groups in total. The van der Waals surface area contributed by atoms with E-state index in [1.165, 1.54) is 46.6 Å². The number of ether oxygens (including phenoxy) is 1. The molecule has 1 atom stereocenters. The minimum atomic E-state index is -0.194. The summed E-state index contributed by atoms with van der Waals surface area (Å²) in [4.78, 5) is 15.3. The molecule has 0 fully saturated rings. The van der Waals surface area contributed by atoms with Crippen molar-refractivity contribution in [2.24, 2.45) is 5.92 Å². The molecule has 3 rings (SSSR count). The summed E-state index contributed by atoms with van der Waals surface area (Å²) in [7, 11) is 0. The highest BCUT2D eigenvalue weighted by Gasteiger charge is 2.26. The third kappa shape index (κ3) is 3.89. The van der Waals surface area contributed by atoms with Gasteiger partial charge < -0.3 is 4.74 Å². The average molecular weight is 343 g/mol. The van der Waals surface area contributed by atoms with E-state index in [2.05, 4.69) is 39.0 Å². The first-order valence-electron chi connectivity index (χ1n) is 8.88. The Morgan fingerprint density at radius 1 is 1.17 bits per heavy atom. The van der Waals surface area contributed by atoms with E-state index in [4.69, 9.17) is 4.74 Å². The van der Waals surface area contributed by atoms with E-state index in [1.54, 1.807) is 0 Å². The number of esters is 1. The van der Waals surface area contributed by atoms with Crippen molar-refractivity contribution in [1.82, 2.24) is 0 Å². The van der Waals surface area contributed by atoms with Crippen LogP contribution in [0, 0.1) is 12.8 Å². The summed E-state index contributed by atoms with van der Waals surface area (Å²) < 4.78 is 5.69. The number of rotatable bonds is 5. The van der Waals surface area contributed by atoms with Gasteiger partial charge in [-0.1, -0.05) is 43.7 Å². The normalized spacial score (nSPS) is 15.2. The highest BCUT2D eigenvalue weighted by molar-refractivity contribution is 7.12. The van der Waals surface area contributed by atoms with Gasteiger partial charge in [0.05, 0.1) is 5.92 Å². The SMILES string of the molecule is Cc1ccc(C(C(=O)OCc2cc3c(s2)CCCC3)C(C)C)cc1. The predicted molar refractivity (Wildman–Crippen MR) is 99.5 cm³/mol. The first-order chi connectivity index (χ1) is 11.5. The van der Waals surface area contributed by atoms with Crippen molar-refractivity contribution in [3.05, 3.63) is 56.8 Å². The van der Waals surface area contributed by atoms with Gasteiger partial charge >= 0.3 is 5.97 Å². The maximum atomic E-state index is 12.7. The number of carbonyl (C=O) groups excluding carboxylic acids is 1. The summed E-state index contributed by atoms with van der Waals surface area (Å²) in [6.45, 7) is 6.63. The fourth-order valence-corrected chi connectivity index (χ4v) is 4.60. The summed E-state index contributed by atoms with van der Waals surface area (Å²) >= 11 is 1.82. The van der Waals surface area contributed by atoms with Gasteiger partial charge in [0.2, 0.25) is 0 Å². The molecule has 0 amide bonds. The molecule has 128 valence electrons. The van der Waals surface area contributed by atoms with E-state index in [0.717, 1.165) is 5.56 Å². The van der Waals surface area contributed by atoms with Crippen LogP contribution in [0.2, 0.25) is 0 Å². The van der Waals surface area contributed by atoms with Crippen molar-refractivity contribution < 1.29 is 9.53 Å². The molecule has 0 aliphatic heterocycles. The fraction of sp³-hybridized carbons (Fsp3) is 0.476. The van der Waals surface area contributed by atoms with Crippen molar-refractivity contribution in [3.63, 3.8) is 0 Å². The Hall–Kier alpha value is -1.61. The number of hydrogen-bond acceptors (Lipinski definition) is 3. The van der Waals surface area contributed by atoms with Crippen molar-refractivity contribution in [2.45, 2.75) is 59.0 Å². The molecule has 3 heteroatoms. The topological polar surface area (TPSA) is 26.3 Å². The third-order valence-electron chi connectivity index (χ3n) is 4.76. The van der Waals surface area contributed by atoms with Gasteiger partial charge in [-0.3, -0.25) is 4.79 Å². The zero-order valence-corrected chi connectivity index (χ0v) is 15.6. The molecule has 0 saturated heterocycles. The van der Waals surface area contributed by atoms with Crippen LogP contribution in [-0.2, 0) is 29.0 Å². The van der Waals surface area contributed by atoms with Crippen molar-refractivity contribution >= 4 is 17.3 Å². The lowest BCUT2D eigenvalue weighted by Gasteiger charge is -2.20. The molecular formula is C21H26O2S. The first kappa shape index (κ1) is 17.2. The second-order valence-corrected chi connectivity index (χ2v) is 8.33. The van der Waals surface area contributed by atoms with Crippen LogP contribution >= 0.6 is 11.3 Å². The second kappa shape index (κ2) is 7.52. The van der Waals surface area contributed by atoms with Gasteiger partial charge in [-0.15, -0.1) is 11.3 Å². The Labute approximate surface area is 148 Å². The van der Waals surface area contributed by atoms with Crippen LogP contribution < -0.4 is 0 Å². The fourth-order valence-electron chi connectivity index (χ4n) is 3.42. The zero-order valence-electron chi connectivity index (χ0n) is 14.8. The summed E-state index contributed by atoms with van der Waals surface area (Å²) in [5.74, 6) is -0.0860. The number of aryl methyl sites for hydroxylation is 3. The second-order valence-electron chi connectivity index (χ2n) is 7.11. The molecule has 0 bridgehead atoms. The van der Waals surface area contributed by atoms with Gasteiger partial charge in [0.15, 0.2) is 0 Å². The standard InChI is InChI=1S/C21H26O2S/c1-14(2)20(16-10-8-15(3)9-11-16)21(22)23-13-18-12-17-6-4-5-7-19(17)24-18/h8-12,14,20H,4-7,13H2,1-3H3. The maximum Gasteiger partial charge on any atom is 0.314 e. The van der Waals surface area contributed by atoms with Gasteiger partial charge in [-0.25, -0.2) is 0 Å². The molecule has 1 aromatic heterocycles. The number of hydrogen-bond donors (Lipinski definition) is 0. The highest BCUT2D eigenvalue weighted by atomic mass is 32.1. The zero-order chi connectivity index (χ0) is 17.1. The Bertz CT molecular complexity index is 674. The number of fused-ring (bicyclic) bond motifs is 1. The number of benzene rings is 1. The summed E-state index contributed by atoms with van der Waals surface area (Å²) in [5.41, 5.74) is 3.72. The maximum absolute atomic E-state index is 12.7. The average Bonchev–Trinajstić information content (AvgIpc) is 2.97. The summed E-state index contributed by atoms with van der Waals surface area (Å²) in [6.07, 6.45) is 4.94. The summed E-state index contributed by atoms with van der Waals surface area (Å²) in [6, 6.07) is 10.5. The Kier molecular flexibility index (Phi) is 5.40. The van der Waals surface area contributed by atoms with Crippen LogP contribution in [0.5, 0.6) is 0 Å². The monoisotopic (exact) mass is 342 g/mol. The van der Waals surface area contributed by atoms with Gasteiger partial charge in [0, 0.05) is 9.75 Å². The highest BCUT2D eigenvalue weighted by Crippen LogP contribution is 2.31. The molecule has 2 aromatic rings. The lowest BCUT2D eigenvalue weighted by atomic mass is 9.88. The molecule has 1 aromatic carbocycles. The van der Waals surface area contributed by atoms with E-state index in [1.807, 2.05) is 23.5 Å². The quantitative estimate of drug-likeness (QED) is 0.678. The molecule has 24 heavy (non-hydrogen) atoms. The molecule has 0 saturated carbocycles. The van der Waals surface area contributed by atoms with E-state index >= 15 is 0 Å². The first-order valence-corrected chi connectivity index (χ1v) is 9.70. The van der Waals surface area contributed by atoms with Crippen LogP contribution in [0.1, 0.15) is 59.1 Å². The molecule has 1 heterocycles. The van der Waals surface area contributed by atoms with Gasteiger partial charge in [-0.05, 0) is 55.7 Å². The Morgan fingerprint density at radius 2 is 1.88 bits per heavy atom. The largest absolute Gasteiger partial charge is 0.459 e. The Balaban J connectivity index is 1.67. The number of carbonyl (C=O) groups is 1. The van der Waals surface area contributed by atoms with Crippen LogP contribution in [0.15, 0.2) is 30.3 Å². The molecule has 2 nitrogen and oxygen atoms in total. The van der Waals surface area contributed by atoms with Gasteiger partial charge in [0.25, 0.3) is 0 Å². The van der Waals surface area contributed by atoms with E-state index in [9.17, 15) is 4.79 Å². The predicted octanol–water partition coefficient (Wildman–Crippen LogP) is 5.42. The van der Waals surface area contributed by atoms with Crippen molar-refractivity contribution in [2.75, 3.05) is 0 Å². The van der Waals surface area contributed by atoms with E-state index in [0.29, 0.717) is 6.61 Å². The lowest BCUT2D eigenvalue weighted by Crippen LogP contribution is -2.20. The van der Waals surface area contributed by atoms with Crippen molar-refractivity contribution in [1.29, 1.82) is 0 Å².